The average molecular weight is 655 g/mol. The monoisotopic (exact) mass is 655 g/mol. The summed E-state index contributed by atoms with van der Waals surface area (Å²) < 4.78 is 217. The quantitative estimate of drug-likeness (QED) is 0.305. The van der Waals surface area contributed by atoms with Gasteiger partial charge in [0, 0.05) is 12.1 Å². The van der Waals surface area contributed by atoms with E-state index in [0.29, 0.717) is 0 Å². The molecule has 2 aromatic carbocycles. The van der Waals surface area contributed by atoms with E-state index < -0.39 is 89.2 Å². The third kappa shape index (κ3) is 9.87. The molecule has 2 aromatic rings. The van der Waals surface area contributed by atoms with Crippen molar-refractivity contribution in [3.63, 3.8) is 0 Å². The molecule has 0 bridgehead atoms. The first-order valence-corrected chi connectivity index (χ1v) is 11.5. The molecule has 0 amide bonds. The van der Waals surface area contributed by atoms with Gasteiger partial charge in [-0.15, -0.1) is 39.5 Å². The Morgan fingerprint density at radius 2 is 1.12 bits per heavy atom. The minimum atomic E-state index is -5.88. The lowest BCUT2D eigenvalue weighted by molar-refractivity contribution is -0.279. The molecule has 5 nitrogen and oxygen atoms in total. The highest BCUT2D eigenvalue weighted by molar-refractivity contribution is 5.56. The van der Waals surface area contributed by atoms with Gasteiger partial charge in [0.15, 0.2) is 0 Å². The molecular formula is C23H16F15NO4. The third-order valence-electron chi connectivity index (χ3n) is 5.61. The summed E-state index contributed by atoms with van der Waals surface area (Å²) in [4.78, 5) is 0. The Morgan fingerprint density at radius 1 is 0.628 bits per heavy atom. The number of ether oxygens (including phenoxy) is 4. The summed E-state index contributed by atoms with van der Waals surface area (Å²) in [6.45, 7) is 0.180. The molecule has 20 heteroatoms. The first-order valence-electron chi connectivity index (χ1n) is 11.5. The van der Waals surface area contributed by atoms with Crippen molar-refractivity contribution in [3.05, 3.63) is 52.6 Å². The third-order valence-corrected chi connectivity index (χ3v) is 5.61. The number of alkyl halides is 15. The molecule has 1 unspecified atom stereocenters. The fourth-order valence-electron chi connectivity index (χ4n) is 4.07. The summed E-state index contributed by atoms with van der Waals surface area (Å²) in [5.74, 6) is -5.75. The summed E-state index contributed by atoms with van der Waals surface area (Å²) in [6, 6.07) is -0.777. The van der Waals surface area contributed by atoms with Crippen LogP contribution in [0.1, 0.15) is 41.2 Å². The fourth-order valence-corrected chi connectivity index (χ4v) is 4.07. The van der Waals surface area contributed by atoms with Crippen LogP contribution in [0.2, 0.25) is 0 Å². The van der Waals surface area contributed by atoms with Crippen molar-refractivity contribution in [1.82, 2.24) is 5.32 Å². The second kappa shape index (κ2) is 12.0. The molecular weight excluding hydrogens is 639 g/mol. The second-order valence-corrected chi connectivity index (χ2v) is 8.74. The van der Waals surface area contributed by atoms with Crippen molar-refractivity contribution in [2.75, 3.05) is 13.1 Å². The van der Waals surface area contributed by atoms with Crippen LogP contribution < -0.4 is 19.5 Å². The van der Waals surface area contributed by atoms with Gasteiger partial charge in [0.05, 0.1) is 22.8 Å². The number of rotatable bonds is 7. The Hall–Kier alpha value is -3.29. The van der Waals surface area contributed by atoms with Crippen LogP contribution >= 0.6 is 0 Å². The van der Waals surface area contributed by atoms with E-state index in [9.17, 15) is 65.9 Å². The second-order valence-electron chi connectivity index (χ2n) is 8.74. The molecule has 0 aromatic heterocycles. The molecule has 0 spiro atoms. The van der Waals surface area contributed by atoms with E-state index in [-0.39, 0.29) is 50.2 Å². The first-order chi connectivity index (χ1) is 19.4. The van der Waals surface area contributed by atoms with Gasteiger partial charge in [0.1, 0.15) is 23.4 Å². The molecule has 0 saturated carbocycles. The Labute approximate surface area is 230 Å². The van der Waals surface area contributed by atoms with Gasteiger partial charge in [-0.05, 0) is 43.6 Å². The molecule has 1 N–H and O–H groups in total. The molecule has 0 radical (unpaired) electrons. The van der Waals surface area contributed by atoms with Crippen LogP contribution in [0.25, 0.3) is 0 Å². The van der Waals surface area contributed by atoms with Crippen LogP contribution in [0.15, 0.2) is 30.3 Å². The van der Waals surface area contributed by atoms with Crippen molar-refractivity contribution in [2.24, 2.45) is 0 Å². The maximum Gasteiger partial charge on any atom is 0.573 e. The van der Waals surface area contributed by atoms with Crippen LogP contribution in [0.3, 0.4) is 0 Å². The molecule has 1 atom stereocenters. The lowest BCUT2D eigenvalue weighted by Gasteiger charge is -2.32. The molecule has 43 heavy (non-hydrogen) atoms. The predicted molar refractivity (Wildman–Crippen MR) is 112 cm³/mol. The zero-order chi connectivity index (χ0) is 32.6. The number of hydrogen-bond donors (Lipinski definition) is 1. The topological polar surface area (TPSA) is 49.0 Å². The standard InChI is InChI=1S/C23H16F15NO4/c24-19(25,26)10-1-2-13(14(7-10)20(27,28)29)18(40-11-3-5-39-6-4-11)17-15(42-22(33,34)35)8-12(41-21(30,31)32)9-16(17)43-23(36,37)38/h1-2,7-9,11,18,39H,3-6H2. The van der Waals surface area contributed by atoms with E-state index in [4.69, 9.17) is 4.74 Å². The number of benzene rings is 2. The van der Waals surface area contributed by atoms with Crippen LogP contribution in [0.4, 0.5) is 65.9 Å². The minimum absolute atomic E-state index is 0.0546. The van der Waals surface area contributed by atoms with Crippen molar-refractivity contribution >= 4 is 0 Å². The normalized spacial score (nSPS) is 16.6. The van der Waals surface area contributed by atoms with Crippen LogP contribution in [-0.4, -0.2) is 38.3 Å². The number of hydrogen-bond acceptors (Lipinski definition) is 5. The summed E-state index contributed by atoms with van der Waals surface area (Å²) in [6.07, 6.45) is -32.7. The Kier molecular flexibility index (Phi) is 9.55. The van der Waals surface area contributed by atoms with E-state index in [0.717, 1.165) is 0 Å². The van der Waals surface area contributed by atoms with E-state index >= 15 is 0 Å². The van der Waals surface area contributed by atoms with Gasteiger partial charge in [-0.1, -0.05) is 6.07 Å². The maximum atomic E-state index is 14.1. The highest BCUT2D eigenvalue weighted by atomic mass is 19.4. The van der Waals surface area contributed by atoms with Crippen LogP contribution in [0.5, 0.6) is 17.2 Å². The average Bonchev–Trinajstić information content (AvgIpc) is 2.79. The number of piperidine rings is 1. The Bertz CT molecular complexity index is 1220. The Balaban J connectivity index is 2.42. The molecule has 3 rings (SSSR count). The van der Waals surface area contributed by atoms with Crippen LogP contribution in [0, 0.1) is 0 Å². The van der Waals surface area contributed by atoms with Crippen molar-refractivity contribution in [2.45, 2.75) is 56.5 Å². The highest BCUT2D eigenvalue weighted by Gasteiger charge is 2.45. The lowest BCUT2D eigenvalue weighted by atomic mass is 9.92. The molecule has 1 aliphatic heterocycles. The molecule has 1 heterocycles. The summed E-state index contributed by atoms with van der Waals surface area (Å²) in [5, 5.41) is 2.79. The lowest BCUT2D eigenvalue weighted by Crippen LogP contribution is -2.34. The summed E-state index contributed by atoms with van der Waals surface area (Å²) >= 11 is 0. The molecule has 0 aliphatic carbocycles. The zero-order valence-corrected chi connectivity index (χ0v) is 20.7. The minimum Gasteiger partial charge on any atom is -0.406 e. The van der Waals surface area contributed by atoms with Crippen molar-refractivity contribution in [3.8, 4) is 17.2 Å². The molecule has 242 valence electrons. The van der Waals surface area contributed by atoms with E-state index in [1.807, 2.05) is 0 Å². The van der Waals surface area contributed by atoms with E-state index in [2.05, 4.69) is 19.5 Å². The first kappa shape index (κ1) is 34.2. The SMILES string of the molecule is FC(F)(F)Oc1cc(OC(F)(F)F)c(C(OC2CCNCC2)c2ccc(C(F)(F)F)cc2C(F)(F)F)c(OC(F)(F)F)c1. The van der Waals surface area contributed by atoms with Gasteiger partial charge in [0.2, 0.25) is 0 Å². The largest absolute Gasteiger partial charge is 0.573 e. The van der Waals surface area contributed by atoms with Crippen LogP contribution in [-0.2, 0) is 17.1 Å². The Morgan fingerprint density at radius 3 is 1.53 bits per heavy atom. The summed E-state index contributed by atoms with van der Waals surface area (Å²) in [5.41, 5.74) is -7.18. The molecule has 1 fully saturated rings. The molecule has 1 saturated heterocycles. The van der Waals surface area contributed by atoms with Crippen molar-refractivity contribution in [1.29, 1.82) is 0 Å². The van der Waals surface area contributed by atoms with Gasteiger partial charge in [-0.3, -0.25) is 0 Å². The van der Waals surface area contributed by atoms with Gasteiger partial charge >= 0.3 is 31.4 Å². The highest BCUT2D eigenvalue weighted by Crippen LogP contribution is 2.50. The number of halogens is 15. The smallest absolute Gasteiger partial charge is 0.406 e. The van der Waals surface area contributed by atoms with Gasteiger partial charge in [-0.25, -0.2) is 0 Å². The van der Waals surface area contributed by atoms with E-state index in [1.54, 1.807) is 0 Å². The van der Waals surface area contributed by atoms with E-state index in [1.165, 1.54) is 0 Å². The maximum absolute atomic E-state index is 14.1. The van der Waals surface area contributed by atoms with Gasteiger partial charge < -0.3 is 24.3 Å². The fraction of sp³-hybridized carbons (Fsp3) is 0.478. The molecule has 1 aliphatic rings. The van der Waals surface area contributed by atoms with Crippen molar-refractivity contribution < 1.29 is 84.8 Å². The predicted octanol–water partition coefficient (Wildman–Crippen LogP) is 8.28. The van der Waals surface area contributed by atoms with Gasteiger partial charge in [0.25, 0.3) is 0 Å². The zero-order valence-electron chi connectivity index (χ0n) is 20.7. The summed E-state index contributed by atoms with van der Waals surface area (Å²) in [7, 11) is 0. The number of nitrogens with one attached hydrogen (secondary N) is 1. The van der Waals surface area contributed by atoms with Gasteiger partial charge in [-0.2, -0.15) is 26.3 Å².